The molecule has 5 heteroatoms. The molecule has 1 heterocycles. The molecule has 5 nitrogen and oxygen atoms in total. The van der Waals surface area contributed by atoms with Gasteiger partial charge in [0.05, 0.1) is 18.9 Å². The molecule has 0 atom stereocenters. The molecular formula is C15H23N3O2. The average Bonchev–Trinajstić information content (AvgIpc) is 2.49. The zero-order chi connectivity index (χ0) is 14.4. The van der Waals surface area contributed by atoms with Gasteiger partial charge in [-0.2, -0.15) is 4.79 Å². The lowest BCUT2D eigenvalue weighted by Crippen LogP contribution is -2.32. The first-order chi connectivity index (χ1) is 9.80. The fraction of sp³-hybridized carbons (Fsp3) is 0.667. The van der Waals surface area contributed by atoms with Gasteiger partial charge in [-0.05, 0) is 33.1 Å². The highest BCUT2D eigenvalue weighted by Gasteiger charge is 2.30. The number of ether oxygens (including phenoxy) is 2. The fourth-order valence-electron chi connectivity index (χ4n) is 2.68. The topological polar surface area (TPSA) is 58.1 Å². The highest BCUT2D eigenvalue weighted by molar-refractivity contribution is 5.97. The van der Waals surface area contributed by atoms with Crippen molar-refractivity contribution in [2.24, 2.45) is 0 Å². The molecule has 0 N–H and O–H groups in total. The van der Waals surface area contributed by atoms with E-state index in [0.29, 0.717) is 31.1 Å². The Hall–Kier alpha value is -1.74. The highest BCUT2D eigenvalue weighted by Crippen LogP contribution is 2.28. The number of allylic oxidation sites excluding steroid dienone is 3. The van der Waals surface area contributed by atoms with Crippen molar-refractivity contribution < 1.29 is 14.3 Å². The molecule has 0 aromatic heterocycles. The van der Waals surface area contributed by atoms with Gasteiger partial charge in [-0.25, -0.2) is 0 Å². The summed E-state index contributed by atoms with van der Waals surface area (Å²) in [5.74, 6) is 1.53. The van der Waals surface area contributed by atoms with Gasteiger partial charge in [-0.3, -0.25) is 0 Å². The van der Waals surface area contributed by atoms with Crippen molar-refractivity contribution in [1.82, 2.24) is 4.90 Å². The molecule has 110 valence electrons. The zero-order valence-electron chi connectivity index (χ0n) is 12.4. The third kappa shape index (κ3) is 3.23. The first-order valence-electron chi connectivity index (χ1n) is 7.46. The summed E-state index contributed by atoms with van der Waals surface area (Å²) in [6.45, 7) is 7.17. The summed E-state index contributed by atoms with van der Waals surface area (Å²) in [6, 6.07) is 0. The van der Waals surface area contributed by atoms with Gasteiger partial charge in [0.25, 0.3) is 0 Å². The highest BCUT2D eigenvalue weighted by atomic mass is 16.5. The van der Waals surface area contributed by atoms with Crippen LogP contribution in [0.15, 0.2) is 23.3 Å². The molecule has 0 unspecified atom stereocenters. The van der Waals surface area contributed by atoms with E-state index in [2.05, 4.69) is 9.69 Å². The molecule has 0 spiro atoms. The van der Waals surface area contributed by atoms with Crippen molar-refractivity contribution in [3.05, 3.63) is 28.8 Å². The summed E-state index contributed by atoms with van der Waals surface area (Å²) in [4.78, 5) is 5.70. The number of rotatable bonds is 5. The molecule has 0 saturated carbocycles. The Morgan fingerprint density at radius 2 is 1.85 bits per heavy atom. The second kappa shape index (κ2) is 7.15. The number of nitrogens with zero attached hydrogens (tertiary/aromatic N) is 3. The standard InChI is InChI=1S/C15H23N3O2/c1-3-19-14-11-13(18-8-6-5-7-9-18)15(20-4-2)10-12(14)17-16/h11H,3-10H2,1-2H3. The van der Waals surface area contributed by atoms with Gasteiger partial charge in [0, 0.05) is 19.2 Å². The summed E-state index contributed by atoms with van der Waals surface area (Å²) in [7, 11) is 0. The van der Waals surface area contributed by atoms with Crippen molar-refractivity contribution >= 4 is 5.71 Å². The minimum atomic E-state index is 0.488. The van der Waals surface area contributed by atoms with Crippen LogP contribution in [0.5, 0.6) is 0 Å². The number of hydrogen-bond donors (Lipinski definition) is 0. The maximum atomic E-state index is 9.15. The molecule has 2 aliphatic rings. The molecule has 0 amide bonds. The summed E-state index contributed by atoms with van der Waals surface area (Å²) in [6.07, 6.45) is 6.16. The second-order valence-electron chi connectivity index (χ2n) is 4.95. The normalized spacial score (nSPS) is 19.6. The third-order valence-electron chi connectivity index (χ3n) is 3.60. The van der Waals surface area contributed by atoms with Gasteiger partial charge in [-0.15, -0.1) is 0 Å². The maximum absolute atomic E-state index is 9.15. The summed E-state index contributed by atoms with van der Waals surface area (Å²) in [5.41, 5.74) is 10.8. The molecule has 1 aliphatic carbocycles. The van der Waals surface area contributed by atoms with Crippen LogP contribution in [0, 0.1) is 0 Å². The molecule has 0 aromatic carbocycles. The van der Waals surface area contributed by atoms with Gasteiger partial charge in [0.1, 0.15) is 12.2 Å². The van der Waals surface area contributed by atoms with E-state index in [-0.39, 0.29) is 0 Å². The molecule has 1 aliphatic heterocycles. The van der Waals surface area contributed by atoms with Crippen LogP contribution < -0.4 is 0 Å². The summed E-state index contributed by atoms with van der Waals surface area (Å²) < 4.78 is 11.3. The Bertz CT molecular complexity index is 456. The smallest absolute Gasteiger partial charge is 0.341 e. The summed E-state index contributed by atoms with van der Waals surface area (Å²) >= 11 is 0. The van der Waals surface area contributed by atoms with E-state index < -0.39 is 0 Å². The van der Waals surface area contributed by atoms with Crippen molar-refractivity contribution in [2.45, 2.75) is 39.5 Å². The van der Waals surface area contributed by atoms with Crippen LogP contribution in [0.25, 0.3) is 5.53 Å². The third-order valence-corrected chi connectivity index (χ3v) is 3.60. The van der Waals surface area contributed by atoms with Crippen LogP contribution >= 0.6 is 0 Å². The van der Waals surface area contributed by atoms with E-state index in [4.69, 9.17) is 15.0 Å². The number of hydrogen-bond acceptors (Lipinski definition) is 3. The Balaban J connectivity index is 2.32. The Labute approximate surface area is 120 Å². The van der Waals surface area contributed by atoms with Crippen molar-refractivity contribution in [3.63, 3.8) is 0 Å². The number of likely N-dealkylation sites (tertiary alicyclic amines) is 1. The van der Waals surface area contributed by atoms with Gasteiger partial charge >= 0.3 is 5.71 Å². The molecule has 2 rings (SSSR count). The van der Waals surface area contributed by atoms with Crippen LogP contribution in [0.1, 0.15) is 39.5 Å². The predicted octanol–water partition coefficient (Wildman–Crippen LogP) is 2.72. The Kier molecular flexibility index (Phi) is 5.24. The van der Waals surface area contributed by atoms with Crippen molar-refractivity contribution in [2.75, 3.05) is 26.3 Å². The lowest BCUT2D eigenvalue weighted by Gasteiger charge is -2.32. The van der Waals surface area contributed by atoms with Gasteiger partial charge < -0.3 is 19.9 Å². The molecule has 0 radical (unpaired) electrons. The first-order valence-corrected chi connectivity index (χ1v) is 7.46. The lowest BCUT2D eigenvalue weighted by atomic mass is 10.0. The molecule has 0 aromatic rings. The van der Waals surface area contributed by atoms with Crippen LogP contribution in [-0.4, -0.2) is 41.7 Å². The van der Waals surface area contributed by atoms with Crippen LogP contribution in [0.2, 0.25) is 0 Å². The maximum Gasteiger partial charge on any atom is 0.341 e. The largest absolute Gasteiger partial charge is 0.495 e. The molecule has 1 fully saturated rings. The van der Waals surface area contributed by atoms with E-state index in [9.17, 15) is 0 Å². The van der Waals surface area contributed by atoms with Crippen LogP contribution in [0.4, 0.5) is 0 Å². The van der Waals surface area contributed by atoms with Gasteiger partial charge in [0.15, 0.2) is 0 Å². The monoisotopic (exact) mass is 277 g/mol. The minimum absolute atomic E-state index is 0.488. The van der Waals surface area contributed by atoms with Crippen molar-refractivity contribution in [1.29, 1.82) is 0 Å². The first kappa shape index (κ1) is 14.7. The second-order valence-corrected chi connectivity index (χ2v) is 4.95. The van der Waals surface area contributed by atoms with Crippen LogP contribution in [0.3, 0.4) is 0 Å². The molecule has 1 saturated heterocycles. The molecular weight excluding hydrogens is 254 g/mol. The predicted molar refractivity (Wildman–Crippen MR) is 77.0 cm³/mol. The van der Waals surface area contributed by atoms with E-state index in [0.717, 1.165) is 24.5 Å². The molecule has 0 bridgehead atoms. The van der Waals surface area contributed by atoms with E-state index in [1.807, 2.05) is 19.9 Å². The molecule has 20 heavy (non-hydrogen) atoms. The summed E-state index contributed by atoms with van der Waals surface area (Å²) in [5, 5.41) is 0. The zero-order valence-corrected chi connectivity index (χ0v) is 12.4. The van der Waals surface area contributed by atoms with Gasteiger partial charge in [0.2, 0.25) is 5.76 Å². The Morgan fingerprint density at radius 1 is 1.15 bits per heavy atom. The van der Waals surface area contributed by atoms with Crippen LogP contribution in [-0.2, 0) is 9.47 Å². The quantitative estimate of drug-likeness (QED) is 0.573. The SMILES string of the molecule is CCOC1=CC(N2CCCCC2)=C(OCC)CC1=[N+]=[N-]. The lowest BCUT2D eigenvalue weighted by molar-refractivity contribution is -0.0138. The Morgan fingerprint density at radius 3 is 2.45 bits per heavy atom. The minimum Gasteiger partial charge on any atom is -0.495 e. The average molecular weight is 277 g/mol. The fourth-order valence-corrected chi connectivity index (χ4v) is 2.68. The van der Waals surface area contributed by atoms with E-state index >= 15 is 0 Å². The number of piperidine rings is 1. The van der Waals surface area contributed by atoms with Gasteiger partial charge in [-0.1, -0.05) is 0 Å². The van der Waals surface area contributed by atoms with E-state index in [1.54, 1.807) is 0 Å². The van der Waals surface area contributed by atoms with Crippen molar-refractivity contribution in [3.8, 4) is 0 Å². The van der Waals surface area contributed by atoms with E-state index in [1.165, 1.54) is 19.3 Å².